The standard InChI is InChI=1S/C58H59BN2OS/c1-55(2,3)36-20-27-40(28-21-36)60(41-29-22-37(23-30-41)56(4,5)6)47-35-45-53(51-43-16-13-14-19-50(43)63-54(47)51)61(42-31-24-38(25-32-42)57(7,8)9)46-17-15-18-49-52(46)59(45)44-34-39(58(10,11)12)26-33-48(44)62-49/h13-35H,1-12H3/i15D. The van der Waals surface area contributed by atoms with Crippen molar-refractivity contribution in [2.24, 2.45) is 0 Å². The average molecular weight is 844 g/mol. The molecule has 316 valence electrons. The van der Waals surface area contributed by atoms with Crippen molar-refractivity contribution in [3.63, 3.8) is 0 Å². The van der Waals surface area contributed by atoms with Gasteiger partial charge in [0, 0.05) is 38.2 Å². The number of rotatable bonds is 4. The summed E-state index contributed by atoms with van der Waals surface area (Å²) in [6.45, 7) is 27.2. The van der Waals surface area contributed by atoms with E-state index in [0.29, 0.717) is 6.04 Å². The van der Waals surface area contributed by atoms with Crippen LogP contribution in [0.2, 0.25) is 0 Å². The lowest BCUT2D eigenvalue weighted by molar-refractivity contribution is 0.486. The Hall–Kier alpha value is -5.78. The van der Waals surface area contributed by atoms with Crippen molar-refractivity contribution in [2.75, 3.05) is 9.80 Å². The molecule has 0 amide bonds. The molecule has 0 aliphatic carbocycles. The van der Waals surface area contributed by atoms with Gasteiger partial charge in [-0.15, -0.1) is 11.3 Å². The monoisotopic (exact) mass is 843 g/mol. The zero-order valence-corrected chi connectivity index (χ0v) is 39.8. The highest BCUT2D eigenvalue weighted by Gasteiger charge is 2.44. The lowest BCUT2D eigenvalue weighted by Gasteiger charge is -2.41. The highest BCUT2D eigenvalue weighted by molar-refractivity contribution is 7.26. The number of thiophene rings is 1. The molecular formula is C58H59BN2OS. The second kappa shape index (κ2) is 14.4. The molecule has 0 unspecified atom stereocenters. The van der Waals surface area contributed by atoms with Crippen LogP contribution < -0.4 is 30.9 Å². The molecular weight excluding hydrogens is 784 g/mol. The van der Waals surface area contributed by atoms with Gasteiger partial charge >= 0.3 is 0 Å². The first kappa shape index (κ1) is 40.0. The summed E-state index contributed by atoms with van der Waals surface area (Å²) in [5.41, 5.74) is 15.2. The van der Waals surface area contributed by atoms with Crippen LogP contribution in [-0.4, -0.2) is 6.71 Å². The second-order valence-electron chi connectivity index (χ2n) is 21.9. The van der Waals surface area contributed by atoms with Crippen LogP contribution in [0, 0.1) is 0 Å². The molecule has 8 aromatic rings. The molecule has 0 N–H and O–H groups in total. The normalized spacial score (nSPS) is 14.0. The first-order valence-electron chi connectivity index (χ1n) is 23.0. The Labute approximate surface area is 380 Å². The van der Waals surface area contributed by atoms with Crippen LogP contribution in [0.4, 0.5) is 34.1 Å². The maximum absolute atomic E-state index is 9.26. The van der Waals surface area contributed by atoms with Gasteiger partial charge in [0.15, 0.2) is 0 Å². The minimum atomic E-state index is -0.160. The molecule has 0 radical (unpaired) electrons. The summed E-state index contributed by atoms with van der Waals surface area (Å²) >= 11 is 1.87. The summed E-state index contributed by atoms with van der Waals surface area (Å²) in [6, 6.07) is 50.1. The van der Waals surface area contributed by atoms with Crippen LogP contribution in [0.15, 0.2) is 140 Å². The van der Waals surface area contributed by atoms with Crippen LogP contribution in [0.25, 0.3) is 20.2 Å². The van der Waals surface area contributed by atoms with E-state index in [-0.39, 0.29) is 28.4 Å². The SMILES string of the molecule is [2H]c1cc2c3c(c1)N(c1ccc(C(C)(C)C)cc1)c1c(cc(N(c4ccc(C(C)(C)C)cc4)c4ccc(C(C)(C)C)cc4)c4sc5ccccc5c14)B3c1cc(C(C)(C)C)ccc1O2. The molecule has 0 saturated heterocycles. The van der Waals surface area contributed by atoms with Crippen molar-refractivity contribution in [3.8, 4) is 11.5 Å². The summed E-state index contributed by atoms with van der Waals surface area (Å²) < 4.78 is 18.6. The number of anilines is 6. The van der Waals surface area contributed by atoms with Gasteiger partial charge in [0.2, 0.25) is 0 Å². The topological polar surface area (TPSA) is 15.7 Å². The van der Waals surface area contributed by atoms with E-state index in [1.807, 2.05) is 17.4 Å². The minimum absolute atomic E-state index is 0.00262. The largest absolute Gasteiger partial charge is 0.458 e. The lowest BCUT2D eigenvalue weighted by atomic mass is 9.34. The molecule has 1 aromatic heterocycles. The maximum atomic E-state index is 9.26. The van der Waals surface area contributed by atoms with Gasteiger partial charge in [-0.1, -0.05) is 156 Å². The minimum Gasteiger partial charge on any atom is -0.458 e. The number of fused-ring (bicyclic) bond motifs is 8. The van der Waals surface area contributed by atoms with Crippen LogP contribution in [0.3, 0.4) is 0 Å². The molecule has 0 atom stereocenters. The van der Waals surface area contributed by atoms with Crippen molar-refractivity contribution >= 4 is 88.7 Å². The van der Waals surface area contributed by atoms with Gasteiger partial charge in [0.25, 0.3) is 6.71 Å². The van der Waals surface area contributed by atoms with E-state index >= 15 is 0 Å². The summed E-state index contributed by atoms with van der Waals surface area (Å²) in [5.74, 6) is 1.59. The Morgan fingerprint density at radius 3 is 1.67 bits per heavy atom. The predicted octanol–water partition coefficient (Wildman–Crippen LogP) is 15.1. The van der Waals surface area contributed by atoms with Gasteiger partial charge in [-0.25, -0.2) is 0 Å². The molecule has 5 heteroatoms. The quantitative estimate of drug-likeness (QED) is 0.164. The van der Waals surface area contributed by atoms with Crippen LogP contribution >= 0.6 is 11.3 Å². The average Bonchev–Trinajstić information content (AvgIpc) is 3.63. The van der Waals surface area contributed by atoms with E-state index in [2.05, 4.69) is 220 Å². The Morgan fingerprint density at radius 2 is 1.10 bits per heavy atom. The summed E-state index contributed by atoms with van der Waals surface area (Å²) in [5, 5.41) is 2.45. The molecule has 3 heterocycles. The van der Waals surface area contributed by atoms with Crippen LogP contribution in [0.5, 0.6) is 11.5 Å². The first-order chi connectivity index (χ1) is 30.2. The van der Waals surface area contributed by atoms with Crippen molar-refractivity contribution < 1.29 is 6.11 Å². The Bertz CT molecular complexity index is 3060. The van der Waals surface area contributed by atoms with Crippen LogP contribution in [-0.2, 0) is 21.7 Å². The Balaban J connectivity index is 1.35. The Morgan fingerprint density at radius 1 is 0.556 bits per heavy atom. The third kappa shape index (κ3) is 6.95. The molecule has 2 aliphatic heterocycles. The number of ether oxygens (including phenoxy) is 1. The molecule has 63 heavy (non-hydrogen) atoms. The number of benzene rings is 7. The third-order valence-electron chi connectivity index (χ3n) is 13.3. The van der Waals surface area contributed by atoms with E-state index < -0.39 is 0 Å². The fourth-order valence-corrected chi connectivity index (χ4v) is 10.8. The van der Waals surface area contributed by atoms with Gasteiger partial charge in [0.1, 0.15) is 11.5 Å². The van der Waals surface area contributed by atoms with E-state index in [1.165, 1.54) is 47.9 Å². The van der Waals surface area contributed by atoms with Crippen molar-refractivity contribution in [1.82, 2.24) is 0 Å². The van der Waals surface area contributed by atoms with Crippen LogP contribution in [0.1, 0.15) is 107 Å². The smallest absolute Gasteiger partial charge is 0.256 e. The molecule has 0 fully saturated rings. The van der Waals surface area contributed by atoms with E-state index in [1.54, 1.807) is 0 Å². The van der Waals surface area contributed by atoms with Gasteiger partial charge < -0.3 is 14.5 Å². The van der Waals surface area contributed by atoms with Crippen molar-refractivity contribution in [2.45, 2.75) is 105 Å². The molecule has 3 nitrogen and oxygen atoms in total. The predicted molar refractivity (Wildman–Crippen MR) is 275 cm³/mol. The Kier molecular flexibility index (Phi) is 9.13. The molecule has 7 aromatic carbocycles. The first-order valence-corrected chi connectivity index (χ1v) is 23.4. The highest BCUT2D eigenvalue weighted by atomic mass is 32.1. The lowest BCUT2D eigenvalue weighted by Crippen LogP contribution is -2.59. The van der Waals surface area contributed by atoms with Crippen molar-refractivity contribution in [1.29, 1.82) is 0 Å². The fraction of sp³-hybridized carbons (Fsp3) is 0.276. The molecule has 0 spiro atoms. The summed E-state index contributed by atoms with van der Waals surface area (Å²) in [6.07, 6.45) is 0. The molecule has 0 saturated carbocycles. The molecule has 2 aliphatic rings. The van der Waals surface area contributed by atoms with Crippen molar-refractivity contribution in [3.05, 3.63) is 162 Å². The van der Waals surface area contributed by atoms with Gasteiger partial charge in [0.05, 0.1) is 17.4 Å². The zero-order valence-electron chi connectivity index (χ0n) is 40.0. The van der Waals surface area contributed by atoms with E-state index in [4.69, 9.17) is 4.74 Å². The third-order valence-corrected chi connectivity index (χ3v) is 14.5. The summed E-state index contributed by atoms with van der Waals surface area (Å²) in [4.78, 5) is 4.94. The molecule has 10 rings (SSSR count). The van der Waals surface area contributed by atoms with Gasteiger partial charge in [-0.2, -0.15) is 0 Å². The van der Waals surface area contributed by atoms with E-state index in [9.17, 15) is 1.37 Å². The van der Waals surface area contributed by atoms with Gasteiger partial charge in [-0.05, 0) is 127 Å². The zero-order chi connectivity index (χ0) is 45.2. The fourth-order valence-electron chi connectivity index (χ4n) is 9.63. The summed E-state index contributed by atoms with van der Waals surface area (Å²) in [7, 11) is 0. The second-order valence-corrected chi connectivity index (χ2v) is 22.9. The highest BCUT2D eigenvalue weighted by Crippen LogP contribution is 2.52. The number of hydrogen-bond donors (Lipinski definition) is 0. The number of hydrogen-bond acceptors (Lipinski definition) is 4. The van der Waals surface area contributed by atoms with Gasteiger partial charge in [-0.3, -0.25) is 0 Å². The number of nitrogens with zero attached hydrogens (tertiary/aromatic N) is 2. The molecule has 0 bridgehead atoms. The van der Waals surface area contributed by atoms with E-state index in [0.717, 1.165) is 56.5 Å². The maximum Gasteiger partial charge on any atom is 0.256 e.